The van der Waals surface area contributed by atoms with E-state index in [1.54, 1.807) is 25.3 Å². The maximum atomic E-state index is 5.90. The Balaban J connectivity index is 2.87. The molecule has 0 aromatic heterocycles. The molecule has 0 fully saturated rings. The summed E-state index contributed by atoms with van der Waals surface area (Å²) in [6, 6.07) is 5.34. The summed E-state index contributed by atoms with van der Waals surface area (Å²) in [5.74, 6) is 1.18. The van der Waals surface area contributed by atoms with Gasteiger partial charge in [-0.25, -0.2) is 0 Å². The first-order chi connectivity index (χ1) is 6.29. The van der Waals surface area contributed by atoms with Crippen LogP contribution < -0.4 is 15.2 Å². The van der Waals surface area contributed by atoms with Crippen molar-refractivity contribution in [3.63, 3.8) is 0 Å². The quantitative estimate of drug-likeness (QED) is 0.806. The van der Waals surface area contributed by atoms with Gasteiger partial charge in [0, 0.05) is 6.54 Å². The van der Waals surface area contributed by atoms with E-state index in [4.69, 9.17) is 26.8 Å². The van der Waals surface area contributed by atoms with Gasteiger partial charge in [0.1, 0.15) is 6.61 Å². The number of para-hydroxylation sites is 1. The summed E-state index contributed by atoms with van der Waals surface area (Å²) in [7, 11) is 1.57. The number of nitrogens with two attached hydrogens (primary N) is 1. The molecular weight excluding hydrogens is 190 g/mol. The Morgan fingerprint density at radius 3 is 2.85 bits per heavy atom. The fourth-order valence-corrected chi connectivity index (χ4v) is 1.17. The maximum Gasteiger partial charge on any atom is 0.179 e. The Kier molecular flexibility index (Phi) is 3.86. The normalized spacial score (nSPS) is 9.77. The highest BCUT2D eigenvalue weighted by atomic mass is 35.5. The molecule has 0 bridgehead atoms. The summed E-state index contributed by atoms with van der Waals surface area (Å²) in [6.45, 7) is 0.883. The van der Waals surface area contributed by atoms with Crippen LogP contribution in [-0.2, 0) is 0 Å². The topological polar surface area (TPSA) is 44.5 Å². The van der Waals surface area contributed by atoms with Gasteiger partial charge in [0.25, 0.3) is 0 Å². The number of halogens is 1. The van der Waals surface area contributed by atoms with Crippen LogP contribution >= 0.6 is 11.6 Å². The van der Waals surface area contributed by atoms with Gasteiger partial charge in [-0.15, -0.1) is 0 Å². The highest BCUT2D eigenvalue weighted by molar-refractivity contribution is 6.32. The van der Waals surface area contributed by atoms with Crippen LogP contribution in [0.25, 0.3) is 0 Å². The zero-order valence-corrected chi connectivity index (χ0v) is 8.17. The summed E-state index contributed by atoms with van der Waals surface area (Å²) in [6.07, 6.45) is 0. The maximum absolute atomic E-state index is 5.90. The lowest BCUT2D eigenvalue weighted by molar-refractivity contribution is 0.303. The van der Waals surface area contributed by atoms with E-state index < -0.39 is 0 Å². The van der Waals surface area contributed by atoms with Gasteiger partial charge in [0.15, 0.2) is 11.5 Å². The molecule has 13 heavy (non-hydrogen) atoms. The molecule has 0 atom stereocenters. The molecule has 3 nitrogen and oxygen atoms in total. The number of hydrogen-bond acceptors (Lipinski definition) is 3. The molecule has 0 saturated heterocycles. The molecule has 0 amide bonds. The zero-order chi connectivity index (χ0) is 9.68. The molecule has 1 aromatic carbocycles. The number of hydrogen-bond donors (Lipinski definition) is 1. The average Bonchev–Trinajstić information content (AvgIpc) is 2.15. The van der Waals surface area contributed by atoms with Crippen molar-refractivity contribution in [3.05, 3.63) is 23.2 Å². The van der Waals surface area contributed by atoms with E-state index in [-0.39, 0.29) is 0 Å². The SMILES string of the molecule is COc1cccc(Cl)c1OCCN. The molecule has 0 saturated carbocycles. The van der Waals surface area contributed by atoms with E-state index in [0.717, 1.165) is 0 Å². The Hall–Kier alpha value is -0.930. The fraction of sp³-hybridized carbons (Fsp3) is 0.333. The Bertz CT molecular complexity index is 278. The van der Waals surface area contributed by atoms with E-state index in [9.17, 15) is 0 Å². The summed E-state index contributed by atoms with van der Waals surface area (Å²) < 4.78 is 10.4. The van der Waals surface area contributed by atoms with Gasteiger partial charge < -0.3 is 15.2 Å². The lowest BCUT2D eigenvalue weighted by Crippen LogP contribution is -2.11. The number of ether oxygens (including phenoxy) is 2. The Labute approximate surface area is 82.4 Å². The molecule has 0 unspecified atom stereocenters. The van der Waals surface area contributed by atoms with Crippen LogP contribution in [0.5, 0.6) is 11.5 Å². The minimum Gasteiger partial charge on any atom is -0.493 e. The lowest BCUT2D eigenvalue weighted by Gasteiger charge is -2.10. The summed E-state index contributed by atoms with van der Waals surface area (Å²) >= 11 is 5.90. The van der Waals surface area contributed by atoms with Gasteiger partial charge in [-0.1, -0.05) is 17.7 Å². The van der Waals surface area contributed by atoms with Crippen LogP contribution in [0.3, 0.4) is 0 Å². The van der Waals surface area contributed by atoms with Gasteiger partial charge in [-0.05, 0) is 12.1 Å². The molecular formula is C9H12ClNO2. The van der Waals surface area contributed by atoms with Crippen molar-refractivity contribution < 1.29 is 9.47 Å². The summed E-state index contributed by atoms with van der Waals surface area (Å²) in [4.78, 5) is 0. The first-order valence-electron chi connectivity index (χ1n) is 3.95. The number of benzene rings is 1. The molecule has 0 radical (unpaired) electrons. The van der Waals surface area contributed by atoms with Crippen molar-refractivity contribution in [2.45, 2.75) is 0 Å². The van der Waals surface area contributed by atoms with Crippen molar-refractivity contribution in [2.75, 3.05) is 20.3 Å². The Morgan fingerprint density at radius 2 is 2.23 bits per heavy atom. The summed E-state index contributed by atoms with van der Waals surface area (Å²) in [5.41, 5.74) is 5.31. The van der Waals surface area contributed by atoms with E-state index in [1.165, 1.54) is 0 Å². The molecule has 0 aliphatic carbocycles. The predicted octanol–water partition coefficient (Wildman–Crippen LogP) is 1.69. The second-order valence-corrected chi connectivity index (χ2v) is 2.82. The molecule has 0 heterocycles. The van der Waals surface area contributed by atoms with Gasteiger partial charge >= 0.3 is 0 Å². The van der Waals surface area contributed by atoms with Gasteiger partial charge in [-0.3, -0.25) is 0 Å². The van der Waals surface area contributed by atoms with Crippen LogP contribution in [0.4, 0.5) is 0 Å². The van der Waals surface area contributed by atoms with Crippen LogP contribution in [0, 0.1) is 0 Å². The van der Waals surface area contributed by atoms with Crippen LogP contribution in [-0.4, -0.2) is 20.3 Å². The third-order valence-corrected chi connectivity index (χ3v) is 1.81. The first-order valence-corrected chi connectivity index (χ1v) is 4.32. The van der Waals surface area contributed by atoms with Crippen molar-refractivity contribution in [3.8, 4) is 11.5 Å². The average molecular weight is 202 g/mol. The molecule has 4 heteroatoms. The largest absolute Gasteiger partial charge is 0.493 e. The van der Waals surface area contributed by atoms with Gasteiger partial charge in [-0.2, -0.15) is 0 Å². The van der Waals surface area contributed by atoms with E-state index in [2.05, 4.69) is 0 Å². The van der Waals surface area contributed by atoms with Gasteiger partial charge in [0.2, 0.25) is 0 Å². The third-order valence-electron chi connectivity index (χ3n) is 1.52. The second-order valence-electron chi connectivity index (χ2n) is 2.41. The second kappa shape index (κ2) is 4.94. The molecule has 72 valence electrons. The highest BCUT2D eigenvalue weighted by Gasteiger charge is 2.07. The van der Waals surface area contributed by atoms with E-state index in [1.807, 2.05) is 0 Å². The Morgan fingerprint density at radius 1 is 1.46 bits per heavy atom. The van der Waals surface area contributed by atoms with Crippen molar-refractivity contribution >= 4 is 11.6 Å². The number of methoxy groups -OCH3 is 1. The minimum atomic E-state index is 0.431. The molecule has 2 N–H and O–H groups in total. The fourth-order valence-electron chi connectivity index (χ4n) is 0.951. The van der Waals surface area contributed by atoms with E-state index >= 15 is 0 Å². The van der Waals surface area contributed by atoms with Crippen LogP contribution in [0.1, 0.15) is 0 Å². The summed E-state index contributed by atoms with van der Waals surface area (Å²) in [5, 5.41) is 0.535. The smallest absolute Gasteiger partial charge is 0.179 e. The van der Waals surface area contributed by atoms with Crippen LogP contribution in [0.15, 0.2) is 18.2 Å². The lowest BCUT2D eigenvalue weighted by atomic mass is 10.3. The van der Waals surface area contributed by atoms with Crippen molar-refractivity contribution in [1.82, 2.24) is 0 Å². The standard InChI is InChI=1S/C9H12ClNO2/c1-12-8-4-2-3-7(10)9(8)13-6-5-11/h2-4H,5-6,11H2,1H3. The first kappa shape index (κ1) is 10.2. The predicted molar refractivity (Wildman–Crippen MR) is 52.6 cm³/mol. The molecule has 1 rings (SSSR count). The molecule has 0 aliphatic rings. The van der Waals surface area contributed by atoms with Crippen LogP contribution in [0.2, 0.25) is 5.02 Å². The third kappa shape index (κ3) is 2.50. The van der Waals surface area contributed by atoms with Crippen molar-refractivity contribution in [2.24, 2.45) is 5.73 Å². The molecule has 1 aromatic rings. The minimum absolute atomic E-state index is 0.431. The zero-order valence-electron chi connectivity index (χ0n) is 7.42. The van der Waals surface area contributed by atoms with E-state index in [0.29, 0.717) is 29.7 Å². The van der Waals surface area contributed by atoms with Crippen molar-refractivity contribution in [1.29, 1.82) is 0 Å². The molecule has 0 spiro atoms. The monoisotopic (exact) mass is 201 g/mol. The molecule has 0 aliphatic heterocycles. The highest BCUT2D eigenvalue weighted by Crippen LogP contribution is 2.34. The number of rotatable bonds is 4. The van der Waals surface area contributed by atoms with Gasteiger partial charge in [0.05, 0.1) is 12.1 Å².